The Hall–Kier alpha value is -2.41. The minimum Gasteiger partial charge on any atom is -0.266 e. The molecule has 4 nitrogen and oxygen atoms in total. The molecule has 0 atom stereocenters. The van der Waals surface area contributed by atoms with Gasteiger partial charge in [0.1, 0.15) is 11.6 Å². The van der Waals surface area contributed by atoms with E-state index < -0.39 is 0 Å². The molecule has 1 heterocycles. The molecule has 96 valence electrons. The highest BCUT2D eigenvalue weighted by Gasteiger charge is 2.08. The van der Waals surface area contributed by atoms with Gasteiger partial charge < -0.3 is 0 Å². The van der Waals surface area contributed by atoms with Crippen LogP contribution in [0.4, 0.5) is 0 Å². The van der Waals surface area contributed by atoms with E-state index in [1.165, 1.54) is 16.3 Å². The highest BCUT2D eigenvalue weighted by Crippen LogP contribution is 2.20. The molecule has 0 bridgehead atoms. The zero-order valence-electron chi connectivity index (χ0n) is 11.2. The zero-order valence-corrected chi connectivity index (χ0v) is 11.2. The molecule has 0 saturated heterocycles. The fourth-order valence-electron chi connectivity index (χ4n) is 1.87. The van der Waals surface area contributed by atoms with E-state index in [9.17, 15) is 4.79 Å². The molecule has 2 aromatic rings. The fourth-order valence-corrected chi connectivity index (χ4v) is 1.87. The lowest BCUT2D eigenvalue weighted by atomic mass is 10.0. The number of benzene rings is 1. The molecule has 19 heavy (non-hydrogen) atoms. The van der Waals surface area contributed by atoms with Crippen molar-refractivity contribution in [2.45, 2.75) is 19.8 Å². The number of nitriles is 1. The molecule has 0 saturated carbocycles. The van der Waals surface area contributed by atoms with Crippen LogP contribution in [-0.4, -0.2) is 9.78 Å². The fraction of sp³-hybridized carbons (Fsp3) is 0.267. The molecule has 0 aliphatic rings. The van der Waals surface area contributed by atoms with Crippen molar-refractivity contribution in [2.24, 2.45) is 7.05 Å². The summed E-state index contributed by atoms with van der Waals surface area (Å²) < 4.78 is 1.20. The summed E-state index contributed by atoms with van der Waals surface area (Å²) in [6.07, 6.45) is 0. The van der Waals surface area contributed by atoms with Crippen LogP contribution in [0.15, 0.2) is 35.1 Å². The number of aromatic nitrogens is 2. The summed E-state index contributed by atoms with van der Waals surface area (Å²) in [7, 11) is 1.55. The minimum absolute atomic E-state index is 0.112. The van der Waals surface area contributed by atoms with E-state index in [-0.39, 0.29) is 11.1 Å². The Balaban J connectivity index is 2.51. The summed E-state index contributed by atoms with van der Waals surface area (Å²) in [6, 6.07) is 11.4. The second kappa shape index (κ2) is 5.07. The topological polar surface area (TPSA) is 58.7 Å². The molecule has 0 amide bonds. The molecule has 0 aliphatic heterocycles. The molecular formula is C15H15N3O. The van der Waals surface area contributed by atoms with Crippen LogP contribution < -0.4 is 5.56 Å². The first-order valence-corrected chi connectivity index (χ1v) is 6.11. The number of rotatable bonds is 2. The molecule has 0 radical (unpaired) electrons. The van der Waals surface area contributed by atoms with Crippen LogP contribution in [0.3, 0.4) is 0 Å². The van der Waals surface area contributed by atoms with Crippen molar-refractivity contribution in [3.8, 4) is 17.3 Å². The molecule has 1 aromatic heterocycles. The van der Waals surface area contributed by atoms with E-state index in [0.717, 1.165) is 5.56 Å². The first-order chi connectivity index (χ1) is 9.02. The van der Waals surface area contributed by atoms with Gasteiger partial charge in [-0.05, 0) is 17.5 Å². The van der Waals surface area contributed by atoms with Gasteiger partial charge in [0.25, 0.3) is 5.56 Å². The van der Waals surface area contributed by atoms with Gasteiger partial charge in [0.2, 0.25) is 0 Å². The van der Waals surface area contributed by atoms with E-state index in [4.69, 9.17) is 5.26 Å². The van der Waals surface area contributed by atoms with Crippen LogP contribution in [0.1, 0.15) is 30.9 Å². The monoisotopic (exact) mass is 253 g/mol. The predicted octanol–water partition coefficient (Wildman–Crippen LogP) is 2.44. The van der Waals surface area contributed by atoms with E-state index in [1.807, 2.05) is 30.3 Å². The maximum absolute atomic E-state index is 11.6. The summed E-state index contributed by atoms with van der Waals surface area (Å²) in [5.41, 5.74) is 2.52. The van der Waals surface area contributed by atoms with Crippen LogP contribution in [-0.2, 0) is 7.05 Å². The van der Waals surface area contributed by atoms with Crippen molar-refractivity contribution in [2.75, 3.05) is 0 Å². The highest BCUT2D eigenvalue weighted by molar-refractivity contribution is 5.60. The summed E-state index contributed by atoms with van der Waals surface area (Å²) in [5.74, 6) is 0.469. The lowest BCUT2D eigenvalue weighted by Gasteiger charge is -2.07. The number of nitrogens with zero attached hydrogens (tertiary/aromatic N) is 3. The van der Waals surface area contributed by atoms with Crippen molar-refractivity contribution < 1.29 is 0 Å². The van der Waals surface area contributed by atoms with Crippen LogP contribution in [0.2, 0.25) is 0 Å². The Morgan fingerprint density at radius 2 is 1.89 bits per heavy atom. The number of hydrogen-bond donors (Lipinski definition) is 0. The van der Waals surface area contributed by atoms with Crippen LogP contribution >= 0.6 is 0 Å². The van der Waals surface area contributed by atoms with Gasteiger partial charge in [-0.2, -0.15) is 10.4 Å². The number of aryl methyl sites for hydroxylation is 1. The number of hydrogen-bond acceptors (Lipinski definition) is 3. The summed E-state index contributed by atoms with van der Waals surface area (Å²) in [4.78, 5) is 11.6. The Morgan fingerprint density at radius 1 is 1.26 bits per heavy atom. The molecule has 0 fully saturated rings. The normalized spacial score (nSPS) is 10.5. The standard InChI is InChI=1S/C15H15N3O/c1-10(2)11-4-6-12(7-5-11)14-8-13(9-16)15(19)18(3)17-14/h4-8,10H,1-3H3. The van der Waals surface area contributed by atoms with Gasteiger partial charge in [0, 0.05) is 12.6 Å². The van der Waals surface area contributed by atoms with Crippen LogP contribution in [0, 0.1) is 11.3 Å². The first kappa shape index (κ1) is 13.0. The van der Waals surface area contributed by atoms with E-state index >= 15 is 0 Å². The maximum Gasteiger partial charge on any atom is 0.284 e. The molecule has 0 aliphatic carbocycles. The second-order valence-corrected chi connectivity index (χ2v) is 4.76. The van der Waals surface area contributed by atoms with Crippen molar-refractivity contribution in [3.63, 3.8) is 0 Å². The summed E-state index contributed by atoms with van der Waals surface area (Å²) in [5, 5.41) is 13.1. The van der Waals surface area contributed by atoms with Gasteiger partial charge in [-0.3, -0.25) is 4.79 Å². The van der Waals surface area contributed by atoms with Gasteiger partial charge in [0.05, 0.1) is 5.69 Å². The Bertz CT molecular complexity index is 691. The summed E-state index contributed by atoms with van der Waals surface area (Å²) in [6.45, 7) is 4.26. The quantitative estimate of drug-likeness (QED) is 0.826. The third kappa shape index (κ3) is 2.55. The molecule has 0 unspecified atom stereocenters. The smallest absolute Gasteiger partial charge is 0.266 e. The van der Waals surface area contributed by atoms with E-state index in [2.05, 4.69) is 18.9 Å². The zero-order chi connectivity index (χ0) is 14.0. The third-order valence-electron chi connectivity index (χ3n) is 3.06. The van der Waals surface area contributed by atoms with Crippen molar-refractivity contribution in [1.82, 2.24) is 9.78 Å². The van der Waals surface area contributed by atoms with Crippen molar-refractivity contribution in [3.05, 3.63) is 51.8 Å². The largest absolute Gasteiger partial charge is 0.284 e. The SMILES string of the molecule is CC(C)c1ccc(-c2cc(C#N)c(=O)n(C)n2)cc1. The molecule has 2 rings (SSSR count). The van der Waals surface area contributed by atoms with Gasteiger partial charge in [-0.25, -0.2) is 4.68 Å². The molecule has 1 aromatic carbocycles. The van der Waals surface area contributed by atoms with Gasteiger partial charge in [-0.15, -0.1) is 0 Å². The van der Waals surface area contributed by atoms with Crippen LogP contribution in [0.25, 0.3) is 11.3 Å². The van der Waals surface area contributed by atoms with Crippen molar-refractivity contribution in [1.29, 1.82) is 5.26 Å². The third-order valence-corrected chi connectivity index (χ3v) is 3.06. The summed E-state index contributed by atoms with van der Waals surface area (Å²) >= 11 is 0. The first-order valence-electron chi connectivity index (χ1n) is 6.11. The molecule has 4 heteroatoms. The highest BCUT2D eigenvalue weighted by atomic mass is 16.1. The van der Waals surface area contributed by atoms with Gasteiger partial charge >= 0.3 is 0 Å². The molecule has 0 N–H and O–H groups in total. The van der Waals surface area contributed by atoms with Gasteiger partial charge in [0.15, 0.2) is 0 Å². The Kier molecular flexibility index (Phi) is 3.48. The minimum atomic E-state index is -0.370. The second-order valence-electron chi connectivity index (χ2n) is 4.76. The van der Waals surface area contributed by atoms with Gasteiger partial charge in [-0.1, -0.05) is 38.1 Å². The van der Waals surface area contributed by atoms with Crippen LogP contribution in [0.5, 0.6) is 0 Å². The predicted molar refractivity (Wildman–Crippen MR) is 73.7 cm³/mol. The van der Waals surface area contributed by atoms with Crippen molar-refractivity contribution >= 4 is 0 Å². The van der Waals surface area contributed by atoms with E-state index in [1.54, 1.807) is 7.05 Å². The Morgan fingerprint density at radius 3 is 2.42 bits per heavy atom. The average Bonchev–Trinajstić information content (AvgIpc) is 2.41. The lowest BCUT2D eigenvalue weighted by molar-refractivity contribution is 0.709. The Labute approximate surface area is 111 Å². The maximum atomic E-state index is 11.6. The molecular weight excluding hydrogens is 238 g/mol. The molecule has 0 spiro atoms. The lowest BCUT2D eigenvalue weighted by Crippen LogP contribution is -2.22. The van der Waals surface area contributed by atoms with E-state index in [0.29, 0.717) is 11.6 Å². The average molecular weight is 253 g/mol.